The van der Waals surface area contributed by atoms with Crippen molar-refractivity contribution in [3.63, 3.8) is 0 Å². The minimum atomic E-state index is -0.269. The summed E-state index contributed by atoms with van der Waals surface area (Å²) in [5, 5.41) is 2.86. The summed E-state index contributed by atoms with van der Waals surface area (Å²) in [5.74, 6) is 0.828. The van der Waals surface area contributed by atoms with E-state index in [0.717, 1.165) is 5.56 Å². The largest absolute Gasteiger partial charge is 0.457 e. The van der Waals surface area contributed by atoms with Gasteiger partial charge in [-0.25, -0.2) is 4.39 Å². The zero-order valence-electron chi connectivity index (χ0n) is 13.3. The summed E-state index contributed by atoms with van der Waals surface area (Å²) in [5.41, 5.74) is 1.66. The molecule has 2 aromatic carbocycles. The van der Waals surface area contributed by atoms with Crippen LogP contribution >= 0.6 is 0 Å². The summed E-state index contributed by atoms with van der Waals surface area (Å²) in [7, 11) is 0. The number of benzene rings is 2. The van der Waals surface area contributed by atoms with Crippen LogP contribution in [0.2, 0.25) is 0 Å². The van der Waals surface area contributed by atoms with Crippen LogP contribution in [-0.4, -0.2) is 11.9 Å². The maximum Gasteiger partial charge on any atom is 0.251 e. The SMILES string of the molecule is Cc1ccc(Oc2cccc(C(=O)NC3C=CC(F)=CC3)c2)cc1. The molecule has 0 spiro atoms. The first-order chi connectivity index (χ1) is 11.6. The van der Waals surface area contributed by atoms with Crippen LogP contribution in [0.5, 0.6) is 11.5 Å². The van der Waals surface area contributed by atoms with E-state index in [1.165, 1.54) is 12.2 Å². The van der Waals surface area contributed by atoms with Crippen LogP contribution in [-0.2, 0) is 0 Å². The number of amides is 1. The maximum absolute atomic E-state index is 12.9. The Morgan fingerprint density at radius 3 is 2.67 bits per heavy atom. The van der Waals surface area contributed by atoms with Crippen LogP contribution < -0.4 is 10.1 Å². The molecule has 3 rings (SSSR count). The highest BCUT2D eigenvalue weighted by Crippen LogP contribution is 2.22. The molecule has 1 unspecified atom stereocenters. The Kier molecular flexibility index (Phi) is 4.75. The molecule has 1 amide bonds. The van der Waals surface area contributed by atoms with E-state index in [1.807, 2.05) is 31.2 Å². The third kappa shape index (κ3) is 4.10. The Morgan fingerprint density at radius 1 is 1.17 bits per heavy atom. The molecule has 122 valence electrons. The van der Waals surface area contributed by atoms with E-state index in [-0.39, 0.29) is 17.8 Å². The molecule has 0 aliphatic heterocycles. The fourth-order valence-electron chi connectivity index (χ4n) is 2.40. The molecule has 0 saturated carbocycles. The van der Waals surface area contributed by atoms with Crippen LogP contribution in [0, 0.1) is 6.92 Å². The first kappa shape index (κ1) is 16.0. The predicted molar refractivity (Wildman–Crippen MR) is 91.9 cm³/mol. The van der Waals surface area contributed by atoms with Gasteiger partial charge in [0.2, 0.25) is 0 Å². The third-order valence-electron chi connectivity index (χ3n) is 3.72. The predicted octanol–water partition coefficient (Wildman–Crippen LogP) is 4.70. The number of ether oxygens (including phenoxy) is 1. The molecule has 0 fully saturated rings. The van der Waals surface area contributed by atoms with Crippen molar-refractivity contribution in [1.82, 2.24) is 5.32 Å². The second kappa shape index (κ2) is 7.13. The van der Waals surface area contributed by atoms with E-state index in [0.29, 0.717) is 23.5 Å². The highest BCUT2D eigenvalue weighted by Gasteiger charge is 2.14. The van der Waals surface area contributed by atoms with E-state index in [4.69, 9.17) is 4.74 Å². The Labute approximate surface area is 140 Å². The molecule has 2 aromatic rings. The summed E-state index contributed by atoms with van der Waals surface area (Å²) >= 11 is 0. The third-order valence-corrected chi connectivity index (χ3v) is 3.72. The van der Waals surface area contributed by atoms with Gasteiger partial charge < -0.3 is 10.1 Å². The Morgan fingerprint density at radius 2 is 1.96 bits per heavy atom. The molecular weight excluding hydrogens is 305 g/mol. The molecule has 1 aliphatic carbocycles. The number of halogens is 1. The number of hydrogen-bond donors (Lipinski definition) is 1. The molecular formula is C20H18FNO2. The van der Waals surface area contributed by atoms with Crippen molar-refractivity contribution >= 4 is 5.91 Å². The van der Waals surface area contributed by atoms with Crippen molar-refractivity contribution in [1.29, 1.82) is 0 Å². The molecule has 0 heterocycles. The van der Waals surface area contributed by atoms with Crippen LogP contribution in [0.25, 0.3) is 0 Å². The number of carbonyl (C=O) groups excluding carboxylic acids is 1. The highest BCUT2D eigenvalue weighted by molar-refractivity contribution is 5.95. The van der Waals surface area contributed by atoms with Gasteiger partial charge in [0.15, 0.2) is 0 Å². The summed E-state index contributed by atoms with van der Waals surface area (Å²) in [4.78, 5) is 12.3. The Hall–Kier alpha value is -2.88. The number of carbonyl (C=O) groups is 1. The highest BCUT2D eigenvalue weighted by atomic mass is 19.1. The number of hydrogen-bond acceptors (Lipinski definition) is 2. The van der Waals surface area contributed by atoms with E-state index in [9.17, 15) is 9.18 Å². The molecule has 0 saturated heterocycles. The summed E-state index contributed by atoms with van der Waals surface area (Å²) in [6.07, 6.45) is 4.93. The number of nitrogens with one attached hydrogen (secondary N) is 1. The lowest BCUT2D eigenvalue weighted by Gasteiger charge is -2.16. The Balaban J connectivity index is 1.67. The first-order valence-electron chi connectivity index (χ1n) is 7.79. The van der Waals surface area contributed by atoms with Crippen molar-refractivity contribution in [2.45, 2.75) is 19.4 Å². The maximum atomic E-state index is 12.9. The molecule has 4 heteroatoms. The van der Waals surface area contributed by atoms with E-state index in [2.05, 4.69) is 5.32 Å². The fourth-order valence-corrected chi connectivity index (χ4v) is 2.40. The lowest BCUT2D eigenvalue weighted by Crippen LogP contribution is -2.33. The van der Waals surface area contributed by atoms with Gasteiger partial charge in [-0.15, -0.1) is 0 Å². The summed E-state index contributed by atoms with van der Waals surface area (Å²) in [6.45, 7) is 2.01. The average molecular weight is 323 g/mol. The van der Waals surface area contributed by atoms with Gasteiger partial charge in [0.25, 0.3) is 5.91 Å². The van der Waals surface area contributed by atoms with Gasteiger partial charge in [-0.2, -0.15) is 0 Å². The Bertz CT molecular complexity index is 794. The van der Waals surface area contributed by atoms with Crippen LogP contribution in [0.3, 0.4) is 0 Å². The van der Waals surface area contributed by atoms with Crippen molar-refractivity contribution in [2.24, 2.45) is 0 Å². The van der Waals surface area contributed by atoms with E-state index >= 15 is 0 Å². The van der Waals surface area contributed by atoms with Gasteiger partial charge in [-0.3, -0.25) is 4.79 Å². The lowest BCUT2D eigenvalue weighted by atomic mass is 10.1. The topological polar surface area (TPSA) is 38.3 Å². The lowest BCUT2D eigenvalue weighted by molar-refractivity contribution is 0.0944. The zero-order chi connectivity index (χ0) is 16.9. The van der Waals surface area contributed by atoms with Gasteiger partial charge in [0.1, 0.15) is 17.3 Å². The fraction of sp³-hybridized carbons (Fsp3) is 0.150. The van der Waals surface area contributed by atoms with Gasteiger partial charge in [0, 0.05) is 5.56 Å². The van der Waals surface area contributed by atoms with E-state index in [1.54, 1.807) is 30.3 Å². The number of aryl methyl sites for hydroxylation is 1. The van der Waals surface area contributed by atoms with Gasteiger partial charge in [-0.1, -0.05) is 29.8 Å². The van der Waals surface area contributed by atoms with Crippen molar-refractivity contribution < 1.29 is 13.9 Å². The number of rotatable bonds is 4. The minimum absolute atomic E-state index is 0.196. The molecule has 0 radical (unpaired) electrons. The second-order valence-corrected chi connectivity index (χ2v) is 5.71. The van der Waals surface area contributed by atoms with Crippen LogP contribution in [0.1, 0.15) is 22.3 Å². The van der Waals surface area contributed by atoms with Crippen LogP contribution in [0.4, 0.5) is 4.39 Å². The molecule has 1 aliphatic rings. The monoisotopic (exact) mass is 323 g/mol. The van der Waals surface area contributed by atoms with Gasteiger partial charge in [-0.05, 0) is 55.8 Å². The van der Waals surface area contributed by atoms with Crippen molar-refractivity contribution in [2.75, 3.05) is 0 Å². The minimum Gasteiger partial charge on any atom is -0.457 e. The summed E-state index contributed by atoms with van der Waals surface area (Å²) < 4.78 is 18.7. The smallest absolute Gasteiger partial charge is 0.251 e. The molecule has 3 nitrogen and oxygen atoms in total. The standard InChI is InChI=1S/C20H18FNO2/c1-14-5-11-18(12-6-14)24-19-4-2-3-15(13-19)20(23)22-17-9-7-16(21)8-10-17/h2-9,11-13,17H,10H2,1H3,(H,22,23). The summed E-state index contributed by atoms with van der Waals surface area (Å²) in [6, 6.07) is 14.5. The van der Waals surface area contributed by atoms with Crippen molar-refractivity contribution in [3.05, 3.63) is 83.7 Å². The van der Waals surface area contributed by atoms with Gasteiger partial charge >= 0.3 is 0 Å². The second-order valence-electron chi connectivity index (χ2n) is 5.71. The van der Waals surface area contributed by atoms with Crippen LogP contribution in [0.15, 0.2) is 72.6 Å². The first-order valence-corrected chi connectivity index (χ1v) is 7.79. The van der Waals surface area contributed by atoms with Gasteiger partial charge in [0.05, 0.1) is 6.04 Å². The van der Waals surface area contributed by atoms with Crippen molar-refractivity contribution in [3.8, 4) is 11.5 Å². The quantitative estimate of drug-likeness (QED) is 0.886. The molecule has 0 aromatic heterocycles. The average Bonchev–Trinajstić information content (AvgIpc) is 2.59. The molecule has 1 atom stereocenters. The zero-order valence-corrected chi connectivity index (χ0v) is 13.3. The molecule has 1 N–H and O–H groups in total. The van der Waals surface area contributed by atoms with E-state index < -0.39 is 0 Å². The normalized spacial score (nSPS) is 16.4. The molecule has 24 heavy (non-hydrogen) atoms. The molecule has 0 bridgehead atoms. The number of allylic oxidation sites excluding steroid dienone is 2.